The summed E-state index contributed by atoms with van der Waals surface area (Å²) in [6, 6.07) is 23.9. The smallest absolute Gasteiger partial charge is 0.305 e. The van der Waals surface area contributed by atoms with Crippen LogP contribution in [-0.4, -0.2) is 28.2 Å². The average Bonchev–Trinajstić information content (AvgIpc) is 3.37. The van der Waals surface area contributed by atoms with Crippen molar-refractivity contribution in [2.24, 2.45) is 0 Å². The van der Waals surface area contributed by atoms with Crippen LogP contribution in [0.4, 0.5) is 0 Å². The standard InChI is InChI=1S/C25H22N4O6/c30-23-14-12-21(28-29(23)15-16-33-18-7-3-1-4-8-18)24(31)26-27-25(32)22-13-11-20(35-22)17-34-19-9-5-2-6-10-19/h1-14H,15-17H2,(H,26,31)(H,27,32). The zero-order valence-corrected chi connectivity index (χ0v) is 18.5. The third kappa shape index (κ3) is 6.57. The molecule has 178 valence electrons. The number of hydrogen-bond donors (Lipinski definition) is 2. The molecule has 2 heterocycles. The molecule has 0 bridgehead atoms. The van der Waals surface area contributed by atoms with Crippen LogP contribution in [0.25, 0.3) is 0 Å². The lowest BCUT2D eigenvalue weighted by Gasteiger charge is -2.09. The highest BCUT2D eigenvalue weighted by molar-refractivity contribution is 5.96. The fourth-order valence-corrected chi connectivity index (χ4v) is 2.98. The van der Waals surface area contributed by atoms with Gasteiger partial charge in [-0.25, -0.2) is 4.68 Å². The van der Waals surface area contributed by atoms with Gasteiger partial charge in [0.15, 0.2) is 11.5 Å². The van der Waals surface area contributed by atoms with Crippen molar-refractivity contribution >= 4 is 11.8 Å². The van der Waals surface area contributed by atoms with Gasteiger partial charge in [-0.1, -0.05) is 36.4 Å². The van der Waals surface area contributed by atoms with Crippen molar-refractivity contribution in [1.29, 1.82) is 0 Å². The molecule has 0 saturated heterocycles. The van der Waals surface area contributed by atoms with Crippen molar-refractivity contribution in [2.45, 2.75) is 13.2 Å². The number of para-hydroxylation sites is 2. The van der Waals surface area contributed by atoms with Crippen molar-refractivity contribution in [3.05, 3.63) is 112 Å². The van der Waals surface area contributed by atoms with Crippen molar-refractivity contribution in [3.8, 4) is 11.5 Å². The molecule has 0 saturated carbocycles. The third-order valence-corrected chi connectivity index (χ3v) is 4.71. The summed E-state index contributed by atoms with van der Waals surface area (Å²) >= 11 is 0. The van der Waals surface area contributed by atoms with Crippen molar-refractivity contribution < 1.29 is 23.5 Å². The molecule has 10 heteroatoms. The van der Waals surface area contributed by atoms with Gasteiger partial charge >= 0.3 is 5.91 Å². The molecule has 10 nitrogen and oxygen atoms in total. The summed E-state index contributed by atoms with van der Waals surface area (Å²) in [5.41, 5.74) is 4.07. The quantitative estimate of drug-likeness (QED) is 0.357. The maximum absolute atomic E-state index is 12.4. The molecule has 2 N–H and O–H groups in total. The van der Waals surface area contributed by atoms with E-state index in [1.807, 2.05) is 36.4 Å². The summed E-state index contributed by atoms with van der Waals surface area (Å²) in [6.45, 7) is 0.470. The molecule has 0 aliphatic heterocycles. The molecule has 2 amide bonds. The highest BCUT2D eigenvalue weighted by Gasteiger charge is 2.15. The molecule has 0 unspecified atom stereocenters. The summed E-state index contributed by atoms with van der Waals surface area (Å²) in [4.78, 5) is 36.8. The number of aromatic nitrogens is 2. The van der Waals surface area contributed by atoms with E-state index >= 15 is 0 Å². The van der Waals surface area contributed by atoms with Crippen molar-refractivity contribution in [3.63, 3.8) is 0 Å². The van der Waals surface area contributed by atoms with E-state index in [0.717, 1.165) is 4.68 Å². The largest absolute Gasteiger partial charge is 0.492 e. The average molecular weight is 474 g/mol. The SMILES string of the molecule is O=C(NNC(=O)c1ccc(COc2ccccc2)o1)c1ccc(=O)n(CCOc2ccccc2)n1. The molecule has 0 atom stereocenters. The number of ether oxygens (including phenoxy) is 2. The van der Waals surface area contributed by atoms with Gasteiger partial charge < -0.3 is 13.9 Å². The van der Waals surface area contributed by atoms with Gasteiger partial charge in [0.1, 0.15) is 30.5 Å². The molecule has 2 aromatic heterocycles. The first-order valence-electron chi connectivity index (χ1n) is 10.7. The molecule has 0 aliphatic carbocycles. The Morgan fingerprint density at radius 3 is 2.17 bits per heavy atom. The lowest BCUT2D eigenvalue weighted by atomic mass is 10.3. The van der Waals surface area contributed by atoms with Gasteiger partial charge in [0.2, 0.25) is 0 Å². The maximum atomic E-state index is 12.4. The summed E-state index contributed by atoms with van der Waals surface area (Å²) in [5, 5.41) is 4.03. The van der Waals surface area contributed by atoms with Gasteiger partial charge in [0.25, 0.3) is 11.5 Å². The van der Waals surface area contributed by atoms with E-state index in [4.69, 9.17) is 13.9 Å². The molecule has 35 heavy (non-hydrogen) atoms. The number of carbonyl (C=O) groups excluding carboxylic acids is 2. The predicted octanol–water partition coefficient (Wildman–Crippen LogP) is 2.57. The van der Waals surface area contributed by atoms with Crippen LogP contribution in [0.3, 0.4) is 0 Å². The van der Waals surface area contributed by atoms with Crippen LogP contribution in [-0.2, 0) is 13.2 Å². The Hall–Kier alpha value is -4.86. The first-order chi connectivity index (χ1) is 17.1. The summed E-state index contributed by atoms with van der Waals surface area (Å²) < 4.78 is 17.7. The molecular formula is C25H22N4O6. The lowest BCUT2D eigenvalue weighted by Crippen LogP contribution is -2.42. The van der Waals surface area contributed by atoms with Crippen molar-refractivity contribution in [1.82, 2.24) is 20.6 Å². The minimum absolute atomic E-state index is 0.00653. The van der Waals surface area contributed by atoms with Crippen LogP contribution in [0.2, 0.25) is 0 Å². The first kappa shape index (κ1) is 23.3. The summed E-state index contributed by atoms with van der Waals surface area (Å²) in [5.74, 6) is 0.404. The summed E-state index contributed by atoms with van der Waals surface area (Å²) in [7, 11) is 0. The van der Waals surface area contributed by atoms with Crippen molar-refractivity contribution in [2.75, 3.05) is 6.61 Å². The molecule has 2 aromatic carbocycles. The second-order valence-corrected chi connectivity index (χ2v) is 7.22. The Balaban J connectivity index is 1.28. The van der Waals surface area contributed by atoms with Crippen LogP contribution in [0, 0.1) is 0 Å². The van der Waals surface area contributed by atoms with E-state index in [-0.39, 0.29) is 36.8 Å². The molecule has 0 aliphatic rings. The van der Waals surface area contributed by atoms with Crippen LogP contribution < -0.4 is 25.9 Å². The molecular weight excluding hydrogens is 452 g/mol. The normalized spacial score (nSPS) is 10.4. The van der Waals surface area contributed by atoms with Gasteiger partial charge in [-0.2, -0.15) is 5.10 Å². The molecule has 0 fully saturated rings. The Morgan fingerprint density at radius 1 is 0.800 bits per heavy atom. The Labute approximate surface area is 200 Å². The second kappa shape index (κ2) is 11.3. The number of carbonyl (C=O) groups is 2. The number of benzene rings is 2. The van der Waals surface area contributed by atoms with E-state index in [0.29, 0.717) is 17.3 Å². The van der Waals surface area contributed by atoms with Crippen LogP contribution in [0.5, 0.6) is 11.5 Å². The zero-order chi connectivity index (χ0) is 24.5. The number of hydrazine groups is 1. The monoisotopic (exact) mass is 474 g/mol. The second-order valence-electron chi connectivity index (χ2n) is 7.22. The fraction of sp³-hybridized carbons (Fsp3) is 0.120. The van der Waals surface area contributed by atoms with E-state index in [1.54, 1.807) is 30.3 Å². The molecule has 4 aromatic rings. The predicted molar refractivity (Wildman–Crippen MR) is 125 cm³/mol. The number of hydrogen-bond acceptors (Lipinski definition) is 7. The van der Waals surface area contributed by atoms with Gasteiger partial charge in [-0.15, -0.1) is 0 Å². The van der Waals surface area contributed by atoms with Gasteiger partial charge in [0.05, 0.1) is 6.54 Å². The van der Waals surface area contributed by atoms with E-state index in [2.05, 4.69) is 16.0 Å². The minimum Gasteiger partial charge on any atom is -0.492 e. The number of amides is 2. The number of nitrogens with one attached hydrogen (secondary N) is 2. The Kier molecular flexibility index (Phi) is 7.54. The zero-order valence-electron chi connectivity index (χ0n) is 18.5. The maximum Gasteiger partial charge on any atom is 0.305 e. The fourth-order valence-electron chi connectivity index (χ4n) is 2.98. The molecule has 4 rings (SSSR count). The highest BCUT2D eigenvalue weighted by Crippen LogP contribution is 2.14. The third-order valence-electron chi connectivity index (χ3n) is 4.71. The van der Waals surface area contributed by atoms with Gasteiger partial charge in [-0.3, -0.25) is 25.2 Å². The number of furan rings is 1. The highest BCUT2D eigenvalue weighted by atomic mass is 16.5. The Bertz CT molecular complexity index is 1330. The first-order valence-corrected chi connectivity index (χ1v) is 10.7. The van der Waals surface area contributed by atoms with Crippen LogP contribution in [0.15, 0.2) is 94.1 Å². The number of rotatable bonds is 9. The van der Waals surface area contributed by atoms with E-state index in [1.165, 1.54) is 18.2 Å². The molecule has 0 spiro atoms. The van der Waals surface area contributed by atoms with E-state index < -0.39 is 11.8 Å². The van der Waals surface area contributed by atoms with Gasteiger partial charge in [-0.05, 0) is 42.5 Å². The van der Waals surface area contributed by atoms with E-state index in [9.17, 15) is 14.4 Å². The van der Waals surface area contributed by atoms with Crippen LogP contribution in [0.1, 0.15) is 26.8 Å². The number of nitrogens with zero attached hydrogens (tertiary/aromatic N) is 2. The minimum atomic E-state index is -0.699. The lowest BCUT2D eigenvalue weighted by molar-refractivity contribution is 0.0824. The Morgan fingerprint density at radius 2 is 1.46 bits per heavy atom. The van der Waals surface area contributed by atoms with Crippen LogP contribution >= 0.6 is 0 Å². The molecule has 0 radical (unpaired) electrons. The topological polar surface area (TPSA) is 125 Å². The van der Waals surface area contributed by atoms with Gasteiger partial charge in [0, 0.05) is 6.07 Å². The summed E-state index contributed by atoms with van der Waals surface area (Å²) in [6.07, 6.45) is 0.